The first-order chi connectivity index (χ1) is 9.25. The predicted molar refractivity (Wildman–Crippen MR) is 79.9 cm³/mol. The van der Waals surface area contributed by atoms with Crippen molar-refractivity contribution in [2.45, 2.75) is 37.3 Å². The smallest absolute Gasteiger partial charge is 0.142 e. The monoisotopic (exact) mass is 319 g/mol. The largest absolute Gasteiger partial charge is 0.365 e. The van der Waals surface area contributed by atoms with Crippen LogP contribution in [-0.2, 0) is 0 Å². The second-order valence-electron chi connectivity index (χ2n) is 5.49. The summed E-state index contributed by atoms with van der Waals surface area (Å²) < 4.78 is 1.03. The van der Waals surface area contributed by atoms with Crippen LogP contribution < -0.4 is 5.32 Å². The Bertz CT molecular complexity index is 510. The van der Waals surface area contributed by atoms with E-state index in [0.717, 1.165) is 36.1 Å². The number of fused-ring (bicyclic) bond motifs is 1. The third kappa shape index (κ3) is 2.26. The standard InChI is InChI=1S/C15H18BrN3/c16-12-5-1-2-6-13(12)18-15(11-17)8-10-19-9-4-3-7-14(15)19/h1-2,5-6,14,18H,3-4,7-10H2. The van der Waals surface area contributed by atoms with E-state index in [-0.39, 0.29) is 0 Å². The maximum absolute atomic E-state index is 9.75. The first-order valence-corrected chi connectivity index (χ1v) is 7.72. The molecule has 2 saturated heterocycles. The zero-order valence-electron chi connectivity index (χ0n) is 10.9. The minimum atomic E-state index is -0.426. The van der Waals surface area contributed by atoms with Crippen molar-refractivity contribution in [3.63, 3.8) is 0 Å². The Morgan fingerprint density at radius 2 is 2.16 bits per heavy atom. The molecule has 1 aromatic rings. The van der Waals surface area contributed by atoms with Crippen molar-refractivity contribution in [3.8, 4) is 6.07 Å². The first-order valence-electron chi connectivity index (χ1n) is 6.93. The fourth-order valence-corrected chi connectivity index (χ4v) is 3.79. The molecule has 2 aliphatic rings. The molecule has 0 amide bonds. The summed E-state index contributed by atoms with van der Waals surface area (Å²) in [6.07, 6.45) is 4.55. The van der Waals surface area contributed by atoms with Crippen LogP contribution in [0.3, 0.4) is 0 Å². The average Bonchev–Trinajstić information content (AvgIpc) is 2.81. The highest BCUT2D eigenvalue weighted by molar-refractivity contribution is 9.10. The number of halogens is 1. The van der Waals surface area contributed by atoms with Gasteiger partial charge in [0.1, 0.15) is 5.54 Å². The average molecular weight is 320 g/mol. The lowest BCUT2D eigenvalue weighted by Gasteiger charge is -2.37. The van der Waals surface area contributed by atoms with E-state index in [1.165, 1.54) is 12.8 Å². The lowest BCUT2D eigenvalue weighted by atomic mass is 9.86. The number of para-hydroxylation sites is 1. The molecule has 0 radical (unpaired) electrons. The van der Waals surface area contributed by atoms with Gasteiger partial charge in [0.25, 0.3) is 0 Å². The molecule has 0 spiro atoms. The van der Waals surface area contributed by atoms with Crippen LogP contribution in [0.2, 0.25) is 0 Å². The minimum Gasteiger partial charge on any atom is -0.365 e. The van der Waals surface area contributed by atoms with E-state index in [4.69, 9.17) is 0 Å². The van der Waals surface area contributed by atoms with Gasteiger partial charge in [0.15, 0.2) is 0 Å². The first kappa shape index (κ1) is 13.0. The van der Waals surface area contributed by atoms with Gasteiger partial charge in [0.2, 0.25) is 0 Å². The van der Waals surface area contributed by atoms with Crippen molar-refractivity contribution in [2.75, 3.05) is 18.4 Å². The Kier molecular flexibility index (Phi) is 3.51. The van der Waals surface area contributed by atoms with E-state index < -0.39 is 5.54 Å². The lowest BCUT2D eigenvalue weighted by Crippen LogP contribution is -2.51. The molecule has 2 heterocycles. The SMILES string of the molecule is N#CC1(Nc2ccccc2Br)CCN2CCCCC21. The molecule has 4 heteroatoms. The minimum absolute atomic E-state index is 0.360. The van der Waals surface area contributed by atoms with Crippen molar-refractivity contribution in [1.82, 2.24) is 4.90 Å². The summed E-state index contributed by atoms with van der Waals surface area (Å²) in [5.74, 6) is 0. The van der Waals surface area contributed by atoms with Gasteiger partial charge in [-0.25, -0.2) is 0 Å². The van der Waals surface area contributed by atoms with Crippen LogP contribution in [0.1, 0.15) is 25.7 Å². The molecule has 0 bridgehead atoms. The number of nitrogens with zero attached hydrogens (tertiary/aromatic N) is 2. The Morgan fingerprint density at radius 3 is 2.95 bits per heavy atom. The van der Waals surface area contributed by atoms with Gasteiger partial charge in [-0.3, -0.25) is 4.90 Å². The molecular weight excluding hydrogens is 302 g/mol. The Labute approximate surface area is 122 Å². The third-order valence-corrected chi connectivity index (χ3v) is 5.10. The number of benzene rings is 1. The molecule has 0 aliphatic carbocycles. The van der Waals surface area contributed by atoms with Crippen molar-refractivity contribution >= 4 is 21.6 Å². The molecule has 2 atom stereocenters. The number of piperidine rings is 1. The lowest BCUT2D eigenvalue weighted by molar-refractivity contribution is 0.180. The van der Waals surface area contributed by atoms with E-state index in [0.29, 0.717) is 6.04 Å². The number of hydrogen-bond acceptors (Lipinski definition) is 3. The number of nitrogens with one attached hydrogen (secondary N) is 1. The normalized spacial score (nSPS) is 30.6. The second kappa shape index (κ2) is 5.15. The van der Waals surface area contributed by atoms with E-state index in [1.54, 1.807) is 0 Å². The molecule has 2 aliphatic heterocycles. The molecule has 3 nitrogen and oxygen atoms in total. The van der Waals surface area contributed by atoms with Crippen molar-refractivity contribution < 1.29 is 0 Å². The molecular formula is C15H18BrN3. The van der Waals surface area contributed by atoms with Crippen LogP contribution >= 0.6 is 15.9 Å². The van der Waals surface area contributed by atoms with Gasteiger partial charge in [-0.05, 0) is 53.9 Å². The van der Waals surface area contributed by atoms with Gasteiger partial charge in [-0.2, -0.15) is 5.26 Å². The van der Waals surface area contributed by atoms with Gasteiger partial charge in [0, 0.05) is 22.7 Å². The maximum Gasteiger partial charge on any atom is 0.142 e. The fourth-order valence-electron chi connectivity index (χ4n) is 3.41. The summed E-state index contributed by atoms with van der Waals surface area (Å²) in [5, 5.41) is 13.3. The van der Waals surface area contributed by atoms with Crippen LogP contribution in [0.15, 0.2) is 28.7 Å². The zero-order chi connectivity index (χ0) is 13.3. The second-order valence-corrected chi connectivity index (χ2v) is 6.34. The number of anilines is 1. The third-order valence-electron chi connectivity index (χ3n) is 4.41. The number of hydrogen-bond donors (Lipinski definition) is 1. The molecule has 2 unspecified atom stereocenters. The van der Waals surface area contributed by atoms with Crippen LogP contribution in [0.4, 0.5) is 5.69 Å². The summed E-state index contributed by atoms with van der Waals surface area (Å²) in [7, 11) is 0. The van der Waals surface area contributed by atoms with E-state index in [1.807, 2.05) is 24.3 Å². The molecule has 0 saturated carbocycles. The summed E-state index contributed by atoms with van der Waals surface area (Å²) >= 11 is 3.56. The number of rotatable bonds is 2. The number of nitriles is 1. The van der Waals surface area contributed by atoms with Crippen molar-refractivity contribution in [2.24, 2.45) is 0 Å². The quantitative estimate of drug-likeness (QED) is 0.908. The molecule has 3 rings (SSSR count). The van der Waals surface area contributed by atoms with Crippen LogP contribution in [0.5, 0.6) is 0 Å². The highest BCUT2D eigenvalue weighted by Gasteiger charge is 2.48. The van der Waals surface area contributed by atoms with E-state index >= 15 is 0 Å². The predicted octanol–water partition coefficient (Wildman–Crippen LogP) is 3.38. The van der Waals surface area contributed by atoms with Gasteiger partial charge in [-0.1, -0.05) is 18.6 Å². The van der Waals surface area contributed by atoms with Gasteiger partial charge in [-0.15, -0.1) is 0 Å². The summed E-state index contributed by atoms with van der Waals surface area (Å²) in [6, 6.07) is 11.0. The Balaban J connectivity index is 1.88. The molecule has 19 heavy (non-hydrogen) atoms. The maximum atomic E-state index is 9.75. The van der Waals surface area contributed by atoms with Crippen molar-refractivity contribution in [3.05, 3.63) is 28.7 Å². The Hall–Kier alpha value is -1.05. The van der Waals surface area contributed by atoms with Crippen LogP contribution in [0.25, 0.3) is 0 Å². The Morgan fingerprint density at radius 1 is 1.32 bits per heavy atom. The molecule has 1 N–H and O–H groups in total. The highest BCUT2D eigenvalue weighted by atomic mass is 79.9. The highest BCUT2D eigenvalue weighted by Crippen LogP contribution is 2.38. The zero-order valence-corrected chi connectivity index (χ0v) is 12.5. The topological polar surface area (TPSA) is 39.1 Å². The summed E-state index contributed by atoms with van der Waals surface area (Å²) in [4.78, 5) is 2.48. The summed E-state index contributed by atoms with van der Waals surface area (Å²) in [6.45, 7) is 2.18. The van der Waals surface area contributed by atoms with Crippen LogP contribution in [0, 0.1) is 11.3 Å². The molecule has 1 aromatic carbocycles. The van der Waals surface area contributed by atoms with E-state index in [2.05, 4.69) is 32.2 Å². The van der Waals surface area contributed by atoms with Gasteiger partial charge < -0.3 is 5.32 Å². The molecule has 0 aromatic heterocycles. The van der Waals surface area contributed by atoms with Crippen molar-refractivity contribution in [1.29, 1.82) is 5.26 Å². The fraction of sp³-hybridized carbons (Fsp3) is 0.533. The summed E-state index contributed by atoms with van der Waals surface area (Å²) in [5.41, 5.74) is 0.598. The van der Waals surface area contributed by atoms with Gasteiger partial charge in [0.05, 0.1) is 6.07 Å². The molecule has 100 valence electrons. The molecule has 2 fully saturated rings. The van der Waals surface area contributed by atoms with Crippen LogP contribution in [-0.4, -0.2) is 29.6 Å². The van der Waals surface area contributed by atoms with E-state index in [9.17, 15) is 5.26 Å². The van der Waals surface area contributed by atoms with Gasteiger partial charge >= 0.3 is 0 Å².